The Balaban J connectivity index is 2.51. The van der Waals surface area contributed by atoms with E-state index in [-0.39, 0.29) is 26.5 Å². The third-order valence-corrected chi connectivity index (χ3v) is 4.66. The highest BCUT2D eigenvalue weighted by Crippen LogP contribution is 2.29. The van der Waals surface area contributed by atoms with Crippen molar-refractivity contribution in [2.75, 3.05) is 4.72 Å². The summed E-state index contributed by atoms with van der Waals surface area (Å²) in [4.78, 5) is 7.29. The SMILES string of the molecule is Cc1ccc(C#N)cc1S(=O)(=O)Nc1c(Cl)ncnc1Cl. The maximum absolute atomic E-state index is 12.4. The molecule has 0 bridgehead atoms. The van der Waals surface area contributed by atoms with E-state index in [1.165, 1.54) is 18.2 Å². The minimum absolute atomic E-state index is 0.0439. The molecule has 0 spiro atoms. The number of anilines is 1. The van der Waals surface area contributed by atoms with E-state index in [9.17, 15) is 8.42 Å². The Kier molecular flexibility index (Phi) is 4.32. The summed E-state index contributed by atoms with van der Waals surface area (Å²) >= 11 is 11.6. The van der Waals surface area contributed by atoms with Crippen molar-refractivity contribution in [3.63, 3.8) is 0 Å². The minimum atomic E-state index is -3.97. The Hall–Kier alpha value is -1.88. The van der Waals surface area contributed by atoms with Crippen LogP contribution in [0.1, 0.15) is 11.1 Å². The lowest BCUT2D eigenvalue weighted by Gasteiger charge is -2.12. The van der Waals surface area contributed by atoms with E-state index in [0.29, 0.717) is 5.56 Å². The third-order valence-electron chi connectivity index (χ3n) is 2.60. The lowest BCUT2D eigenvalue weighted by Crippen LogP contribution is -2.15. The van der Waals surface area contributed by atoms with E-state index < -0.39 is 10.0 Å². The predicted octanol–water partition coefficient (Wildman–Crippen LogP) is 2.76. The Morgan fingerprint density at radius 2 is 1.86 bits per heavy atom. The van der Waals surface area contributed by atoms with Gasteiger partial charge in [0.15, 0.2) is 10.3 Å². The fourth-order valence-corrected chi connectivity index (χ4v) is 3.44. The molecule has 0 radical (unpaired) electrons. The first-order chi connectivity index (χ1) is 9.85. The Bertz CT molecular complexity index is 827. The Morgan fingerprint density at radius 1 is 1.24 bits per heavy atom. The normalized spacial score (nSPS) is 11.0. The van der Waals surface area contributed by atoms with E-state index in [1.54, 1.807) is 6.92 Å². The number of nitriles is 1. The highest BCUT2D eigenvalue weighted by Gasteiger charge is 2.21. The second-order valence-corrected chi connectivity index (χ2v) is 6.39. The van der Waals surface area contributed by atoms with Crippen LogP contribution in [0.25, 0.3) is 0 Å². The van der Waals surface area contributed by atoms with Crippen LogP contribution in [0, 0.1) is 18.3 Å². The van der Waals surface area contributed by atoms with Crippen LogP contribution in [0.15, 0.2) is 29.4 Å². The van der Waals surface area contributed by atoms with Crippen LogP contribution in [0.5, 0.6) is 0 Å². The smallest absolute Gasteiger partial charge is 0.262 e. The quantitative estimate of drug-likeness (QED) is 0.865. The van der Waals surface area contributed by atoms with Crippen LogP contribution in [0.3, 0.4) is 0 Å². The average molecular weight is 343 g/mol. The molecular weight excluding hydrogens is 335 g/mol. The van der Waals surface area contributed by atoms with Gasteiger partial charge in [0.1, 0.15) is 12.0 Å². The third kappa shape index (κ3) is 3.24. The van der Waals surface area contributed by atoms with Gasteiger partial charge in [0.2, 0.25) is 0 Å². The molecule has 0 aliphatic heterocycles. The molecule has 0 saturated heterocycles. The first kappa shape index (κ1) is 15.5. The van der Waals surface area contributed by atoms with E-state index >= 15 is 0 Å². The van der Waals surface area contributed by atoms with Gasteiger partial charge in [-0.1, -0.05) is 29.3 Å². The van der Waals surface area contributed by atoms with Gasteiger partial charge < -0.3 is 0 Å². The van der Waals surface area contributed by atoms with Gasteiger partial charge >= 0.3 is 0 Å². The molecule has 0 aliphatic carbocycles. The van der Waals surface area contributed by atoms with Crippen LogP contribution >= 0.6 is 23.2 Å². The maximum atomic E-state index is 12.4. The number of sulfonamides is 1. The summed E-state index contributed by atoms with van der Waals surface area (Å²) in [7, 11) is -3.97. The van der Waals surface area contributed by atoms with Crippen molar-refractivity contribution in [2.45, 2.75) is 11.8 Å². The van der Waals surface area contributed by atoms with Crippen molar-refractivity contribution in [3.8, 4) is 6.07 Å². The van der Waals surface area contributed by atoms with Gasteiger partial charge in [-0.05, 0) is 24.6 Å². The van der Waals surface area contributed by atoms with Gasteiger partial charge in [0, 0.05) is 0 Å². The molecule has 0 aliphatic rings. The Morgan fingerprint density at radius 3 is 2.43 bits per heavy atom. The number of hydrogen-bond acceptors (Lipinski definition) is 5. The van der Waals surface area contributed by atoms with E-state index in [4.69, 9.17) is 28.5 Å². The number of aromatic nitrogens is 2. The number of nitrogens with zero attached hydrogens (tertiary/aromatic N) is 3. The second-order valence-electron chi connectivity index (χ2n) is 4.03. The van der Waals surface area contributed by atoms with Gasteiger partial charge in [-0.3, -0.25) is 4.72 Å². The summed E-state index contributed by atoms with van der Waals surface area (Å²) in [5.74, 6) is 0. The van der Waals surface area contributed by atoms with Crippen molar-refractivity contribution in [1.82, 2.24) is 9.97 Å². The summed E-state index contributed by atoms with van der Waals surface area (Å²) < 4.78 is 27.0. The highest BCUT2D eigenvalue weighted by molar-refractivity contribution is 7.92. The standard InChI is InChI=1S/C12H8Cl2N4O2S/c1-7-2-3-8(5-15)4-9(7)21(19,20)18-10-11(13)16-6-17-12(10)14/h2-4,6,18H,1H3. The molecule has 1 heterocycles. The molecule has 108 valence electrons. The summed E-state index contributed by atoms with van der Waals surface area (Å²) in [6.07, 6.45) is 1.12. The predicted molar refractivity (Wildman–Crippen MR) is 78.8 cm³/mol. The van der Waals surface area contributed by atoms with Crippen LogP contribution in [0.2, 0.25) is 10.3 Å². The summed E-state index contributed by atoms with van der Waals surface area (Å²) in [6.45, 7) is 1.61. The zero-order chi connectivity index (χ0) is 15.6. The number of nitrogens with one attached hydrogen (secondary N) is 1. The van der Waals surface area contributed by atoms with Crippen molar-refractivity contribution < 1.29 is 8.42 Å². The topological polar surface area (TPSA) is 95.7 Å². The van der Waals surface area contributed by atoms with E-state index in [1.807, 2.05) is 6.07 Å². The van der Waals surface area contributed by atoms with Gasteiger partial charge in [-0.25, -0.2) is 18.4 Å². The lowest BCUT2D eigenvalue weighted by atomic mass is 10.2. The molecule has 0 unspecified atom stereocenters. The monoisotopic (exact) mass is 342 g/mol. The number of benzene rings is 1. The molecule has 9 heteroatoms. The molecule has 1 N–H and O–H groups in total. The number of rotatable bonds is 3. The van der Waals surface area contributed by atoms with Crippen molar-refractivity contribution in [3.05, 3.63) is 46.0 Å². The van der Waals surface area contributed by atoms with E-state index in [0.717, 1.165) is 6.33 Å². The molecule has 2 aromatic rings. The minimum Gasteiger partial charge on any atom is -0.274 e. The van der Waals surface area contributed by atoms with Crippen molar-refractivity contribution >= 4 is 38.9 Å². The number of aryl methyl sites for hydroxylation is 1. The summed E-state index contributed by atoms with van der Waals surface area (Å²) in [6, 6.07) is 6.22. The first-order valence-electron chi connectivity index (χ1n) is 5.54. The summed E-state index contributed by atoms with van der Waals surface area (Å²) in [5, 5.41) is 8.63. The molecule has 1 aromatic heterocycles. The molecule has 1 aromatic carbocycles. The fourth-order valence-electron chi connectivity index (χ4n) is 1.58. The van der Waals surface area contributed by atoms with Crippen LogP contribution < -0.4 is 4.72 Å². The average Bonchev–Trinajstić information content (AvgIpc) is 2.43. The highest BCUT2D eigenvalue weighted by atomic mass is 35.5. The molecule has 6 nitrogen and oxygen atoms in total. The number of halogens is 2. The van der Waals surface area contributed by atoms with Gasteiger partial charge in [-0.15, -0.1) is 0 Å². The number of hydrogen-bond donors (Lipinski definition) is 1. The fraction of sp³-hybridized carbons (Fsp3) is 0.0833. The van der Waals surface area contributed by atoms with Gasteiger partial charge in [0.05, 0.1) is 16.5 Å². The second kappa shape index (κ2) is 5.85. The molecule has 0 amide bonds. The lowest BCUT2D eigenvalue weighted by molar-refractivity contribution is 0.600. The molecule has 0 atom stereocenters. The van der Waals surface area contributed by atoms with Crippen molar-refractivity contribution in [2.24, 2.45) is 0 Å². The van der Waals surface area contributed by atoms with Crippen LogP contribution in [-0.4, -0.2) is 18.4 Å². The maximum Gasteiger partial charge on any atom is 0.262 e. The van der Waals surface area contributed by atoms with Crippen LogP contribution in [-0.2, 0) is 10.0 Å². The largest absolute Gasteiger partial charge is 0.274 e. The first-order valence-corrected chi connectivity index (χ1v) is 7.78. The molecule has 2 rings (SSSR count). The zero-order valence-corrected chi connectivity index (χ0v) is 13.0. The Labute approximate surface area is 131 Å². The van der Waals surface area contributed by atoms with Crippen LogP contribution in [0.4, 0.5) is 5.69 Å². The van der Waals surface area contributed by atoms with Crippen molar-refractivity contribution in [1.29, 1.82) is 5.26 Å². The summed E-state index contributed by atoms with van der Waals surface area (Å²) in [5.41, 5.74) is 0.593. The zero-order valence-electron chi connectivity index (χ0n) is 10.6. The molecule has 0 fully saturated rings. The molecule has 21 heavy (non-hydrogen) atoms. The van der Waals surface area contributed by atoms with Gasteiger partial charge in [-0.2, -0.15) is 5.26 Å². The van der Waals surface area contributed by atoms with Gasteiger partial charge in [0.25, 0.3) is 10.0 Å². The molecular formula is C12H8Cl2N4O2S. The molecule has 0 saturated carbocycles. The van der Waals surface area contributed by atoms with E-state index in [2.05, 4.69) is 14.7 Å².